The summed E-state index contributed by atoms with van der Waals surface area (Å²) in [7, 11) is 1.99. The molecule has 4 nitrogen and oxygen atoms in total. The average molecular weight is 297 g/mol. The number of anilines is 2. The first-order valence-corrected chi connectivity index (χ1v) is 7.04. The van der Waals surface area contributed by atoms with Crippen LogP contribution in [0.25, 0.3) is 21.9 Å². The number of halogens is 1. The number of rotatable bonds is 2. The van der Waals surface area contributed by atoms with E-state index in [1.54, 1.807) is 0 Å². The minimum absolute atomic E-state index is 0.695. The standard InChI is InChI=1S/C16H13ClN4/c1-21-9-19-16-12(3-2-4-15(16)21)20-14-8-10(17)7-13-11(14)5-6-18-13/h2-9,18,20H,1H3. The molecule has 4 rings (SSSR count). The van der Waals surface area contributed by atoms with Gasteiger partial charge in [0.05, 0.1) is 17.5 Å². The SMILES string of the molecule is Cn1cnc2c(Nc3cc(Cl)cc4[nH]ccc34)cccc21. The number of fused-ring (bicyclic) bond motifs is 2. The highest BCUT2D eigenvalue weighted by Crippen LogP contribution is 2.32. The van der Waals surface area contributed by atoms with Crippen LogP contribution in [0.5, 0.6) is 0 Å². The van der Waals surface area contributed by atoms with Crippen LogP contribution < -0.4 is 5.32 Å². The van der Waals surface area contributed by atoms with Crippen molar-refractivity contribution in [3.8, 4) is 0 Å². The van der Waals surface area contributed by atoms with E-state index >= 15 is 0 Å². The van der Waals surface area contributed by atoms with Crippen molar-refractivity contribution in [3.05, 3.63) is 53.9 Å². The number of H-pyrrole nitrogens is 1. The molecule has 2 heterocycles. The first kappa shape index (κ1) is 12.3. The van der Waals surface area contributed by atoms with Crippen LogP contribution in [0, 0.1) is 0 Å². The monoisotopic (exact) mass is 296 g/mol. The number of benzene rings is 2. The second-order valence-corrected chi connectivity index (χ2v) is 5.48. The summed E-state index contributed by atoms with van der Waals surface area (Å²) in [6.07, 6.45) is 3.73. The van der Waals surface area contributed by atoms with Gasteiger partial charge in [0.1, 0.15) is 5.52 Å². The first-order chi connectivity index (χ1) is 10.2. The van der Waals surface area contributed by atoms with E-state index in [4.69, 9.17) is 11.6 Å². The molecule has 2 aromatic heterocycles. The lowest BCUT2D eigenvalue weighted by atomic mass is 10.2. The van der Waals surface area contributed by atoms with Gasteiger partial charge >= 0.3 is 0 Å². The summed E-state index contributed by atoms with van der Waals surface area (Å²) < 4.78 is 2.00. The number of hydrogen-bond acceptors (Lipinski definition) is 2. The van der Waals surface area contributed by atoms with E-state index in [1.165, 1.54) is 0 Å². The quantitative estimate of drug-likeness (QED) is 0.574. The molecular formula is C16H13ClN4. The summed E-state index contributed by atoms with van der Waals surface area (Å²) in [4.78, 5) is 7.65. The number of hydrogen-bond donors (Lipinski definition) is 2. The van der Waals surface area contributed by atoms with Gasteiger partial charge in [0, 0.05) is 34.9 Å². The third-order valence-corrected chi connectivity index (χ3v) is 3.88. The zero-order chi connectivity index (χ0) is 14.4. The maximum absolute atomic E-state index is 6.19. The van der Waals surface area contributed by atoms with Gasteiger partial charge in [-0.3, -0.25) is 0 Å². The number of imidazole rings is 1. The molecule has 0 unspecified atom stereocenters. The fourth-order valence-corrected chi connectivity index (χ4v) is 2.86. The molecule has 0 fully saturated rings. The number of nitrogens with one attached hydrogen (secondary N) is 2. The van der Waals surface area contributed by atoms with Gasteiger partial charge in [0.15, 0.2) is 0 Å². The molecule has 0 aliphatic carbocycles. The van der Waals surface area contributed by atoms with Gasteiger partial charge in [0.25, 0.3) is 0 Å². The fraction of sp³-hybridized carbons (Fsp3) is 0.0625. The summed E-state index contributed by atoms with van der Waals surface area (Å²) in [6, 6.07) is 12.0. The molecule has 0 atom stereocenters. The van der Waals surface area contributed by atoms with E-state index in [2.05, 4.69) is 21.4 Å². The molecule has 0 amide bonds. The molecule has 2 N–H and O–H groups in total. The molecule has 0 bridgehead atoms. The summed E-state index contributed by atoms with van der Waals surface area (Å²) in [6.45, 7) is 0. The van der Waals surface area contributed by atoms with Crippen molar-refractivity contribution in [2.75, 3.05) is 5.32 Å². The largest absolute Gasteiger partial charge is 0.361 e. The van der Waals surface area contributed by atoms with Gasteiger partial charge < -0.3 is 14.9 Å². The third kappa shape index (κ3) is 1.96. The lowest BCUT2D eigenvalue weighted by molar-refractivity contribution is 0.948. The Morgan fingerprint density at radius 2 is 2.10 bits per heavy atom. The topological polar surface area (TPSA) is 45.6 Å². The predicted octanol–water partition coefficient (Wildman–Crippen LogP) is 4.45. The Morgan fingerprint density at radius 1 is 1.19 bits per heavy atom. The van der Waals surface area contributed by atoms with Crippen LogP contribution in [0.1, 0.15) is 0 Å². The van der Waals surface area contributed by atoms with E-state index in [9.17, 15) is 0 Å². The lowest BCUT2D eigenvalue weighted by Crippen LogP contribution is -1.93. The second kappa shape index (κ2) is 4.53. The van der Waals surface area contributed by atoms with Crippen LogP contribution >= 0.6 is 11.6 Å². The molecule has 0 radical (unpaired) electrons. The molecule has 0 spiro atoms. The predicted molar refractivity (Wildman–Crippen MR) is 87.3 cm³/mol. The highest BCUT2D eigenvalue weighted by molar-refractivity contribution is 6.32. The average Bonchev–Trinajstić information content (AvgIpc) is 3.07. The number of aromatic nitrogens is 3. The van der Waals surface area contributed by atoms with Crippen molar-refractivity contribution in [2.45, 2.75) is 0 Å². The lowest BCUT2D eigenvalue weighted by Gasteiger charge is -2.09. The van der Waals surface area contributed by atoms with Crippen molar-refractivity contribution in [1.82, 2.24) is 14.5 Å². The molecule has 4 aromatic rings. The maximum Gasteiger partial charge on any atom is 0.112 e. The number of aryl methyl sites for hydroxylation is 1. The summed E-state index contributed by atoms with van der Waals surface area (Å²) in [5.41, 5.74) is 4.99. The molecular weight excluding hydrogens is 284 g/mol. The Labute approximate surface area is 126 Å². The number of para-hydroxylation sites is 1. The van der Waals surface area contributed by atoms with E-state index in [1.807, 2.05) is 54.5 Å². The van der Waals surface area contributed by atoms with Crippen molar-refractivity contribution < 1.29 is 0 Å². The van der Waals surface area contributed by atoms with Crippen molar-refractivity contribution >= 4 is 44.9 Å². The fourth-order valence-electron chi connectivity index (χ4n) is 2.64. The van der Waals surface area contributed by atoms with E-state index < -0.39 is 0 Å². The first-order valence-electron chi connectivity index (χ1n) is 6.66. The Bertz CT molecular complexity index is 951. The Hall–Kier alpha value is -2.46. The van der Waals surface area contributed by atoms with Crippen LogP contribution in [0.4, 0.5) is 11.4 Å². The van der Waals surface area contributed by atoms with Crippen LogP contribution in [0.15, 0.2) is 48.9 Å². The Morgan fingerprint density at radius 3 is 3.00 bits per heavy atom. The van der Waals surface area contributed by atoms with Crippen molar-refractivity contribution in [3.63, 3.8) is 0 Å². The van der Waals surface area contributed by atoms with Gasteiger partial charge in [-0.1, -0.05) is 17.7 Å². The van der Waals surface area contributed by atoms with Gasteiger partial charge in [-0.15, -0.1) is 0 Å². The van der Waals surface area contributed by atoms with E-state index in [0.29, 0.717) is 5.02 Å². The summed E-state index contributed by atoms with van der Waals surface area (Å²) in [5, 5.41) is 5.25. The van der Waals surface area contributed by atoms with E-state index in [0.717, 1.165) is 33.3 Å². The molecule has 2 aromatic carbocycles. The summed E-state index contributed by atoms with van der Waals surface area (Å²) in [5.74, 6) is 0. The maximum atomic E-state index is 6.19. The highest BCUT2D eigenvalue weighted by atomic mass is 35.5. The normalized spacial score (nSPS) is 11.3. The molecule has 104 valence electrons. The molecule has 21 heavy (non-hydrogen) atoms. The van der Waals surface area contributed by atoms with Gasteiger partial charge in [-0.05, 0) is 30.3 Å². The Kier molecular flexibility index (Phi) is 2.65. The highest BCUT2D eigenvalue weighted by Gasteiger charge is 2.09. The van der Waals surface area contributed by atoms with Crippen molar-refractivity contribution in [1.29, 1.82) is 0 Å². The smallest absolute Gasteiger partial charge is 0.112 e. The van der Waals surface area contributed by atoms with E-state index in [-0.39, 0.29) is 0 Å². The van der Waals surface area contributed by atoms with Gasteiger partial charge in [-0.2, -0.15) is 0 Å². The number of aromatic amines is 1. The minimum Gasteiger partial charge on any atom is -0.361 e. The zero-order valence-corrected chi connectivity index (χ0v) is 12.1. The molecule has 5 heteroatoms. The molecule has 0 aliphatic rings. The van der Waals surface area contributed by atoms with Crippen LogP contribution in [-0.2, 0) is 7.05 Å². The third-order valence-electron chi connectivity index (χ3n) is 3.66. The zero-order valence-electron chi connectivity index (χ0n) is 11.4. The van der Waals surface area contributed by atoms with Crippen molar-refractivity contribution in [2.24, 2.45) is 7.05 Å². The molecule has 0 saturated heterocycles. The second-order valence-electron chi connectivity index (χ2n) is 5.05. The van der Waals surface area contributed by atoms with Gasteiger partial charge in [-0.25, -0.2) is 4.98 Å². The van der Waals surface area contributed by atoms with Crippen LogP contribution in [-0.4, -0.2) is 14.5 Å². The molecule has 0 saturated carbocycles. The number of nitrogens with zero attached hydrogens (tertiary/aromatic N) is 2. The van der Waals surface area contributed by atoms with Crippen LogP contribution in [0.2, 0.25) is 5.02 Å². The Balaban J connectivity index is 1.88. The summed E-state index contributed by atoms with van der Waals surface area (Å²) >= 11 is 6.19. The van der Waals surface area contributed by atoms with Gasteiger partial charge in [0.2, 0.25) is 0 Å². The molecule has 0 aliphatic heterocycles. The minimum atomic E-state index is 0.695. The van der Waals surface area contributed by atoms with Crippen LogP contribution in [0.3, 0.4) is 0 Å².